The SMILES string of the molecule is BrC=CC=CCBr. The van der Waals surface area contributed by atoms with E-state index in [9.17, 15) is 0 Å². The van der Waals surface area contributed by atoms with Crippen molar-refractivity contribution in [2.24, 2.45) is 0 Å². The van der Waals surface area contributed by atoms with Crippen molar-refractivity contribution in [3.05, 3.63) is 23.2 Å². The molecule has 0 aliphatic rings. The number of hydrogen-bond donors (Lipinski definition) is 0. The lowest BCUT2D eigenvalue weighted by Crippen LogP contribution is -1.52. The summed E-state index contributed by atoms with van der Waals surface area (Å²) in [7, 11) is 0. The molecule has 0 aliphatic carbocycles. The van der Waals surface area contributed by atoms with Crippen LogP contribution in [0.5, 0.6) is 0 Å². The van der Waals surface area contributed by atoms with Crippen LogP contribution in [0.15, 0.2) is 23.2 Å². The lowest BCUT2D eigenvalue weighted by molar-refractivity contribution is 1.79. The van der Waals surface area contributed by atoms with E-state index in [1.54, 1.807) is 0 Å². The molecule has 2 heteroatoms. The smallest absolute Gasteiger partial charge is 0.0215 e. The van der Waals surface area contributed by atoms with E-state index >= 15 is 0 Å². The van der Waals surface area contributed by atoms with E-state index in [-0.39, 0.29) is 0 Å². The molecule has 0 saturated carbocycles. The lowest BCUT2D eigenvalue weighted by atomic mass is 10.5. The average Bonchev–Trinajstić information content (AvgIpc) is 1.69. The maximum absolute atomic E-state index is 3.24. The Bertz CT molecular complexity index is 74.1. The first-order chi connectivity index (χ1) is 3.41. The molecule has 0 spiro atoms. The van der Waals surface area contributed by atoms with Crippen LogP contribution in [0, 0.1) is 0 Å². The van der Waals surface area contributed by atoms with Crippen LogP contribution in [0.25, 0.3) is 0 Å². The maximum atomic E-state index is 3.24. The van der Waals surface area contributed by atoms with Crippen molar-refractivity contribution in [2.75, 3.05) is 5.33 Å². The van der Waals surface area contributed by atoms with Gasteiger partial charge in [0.05, 0.1) is 0 Å². The van der Waals surface area contributed by atoms with E-state index in [4.69, 9.17) is 0 Å². The number of hydrogen-bond acceptors (Lipinski definition) is 0. The Hall–Kier alpha value is 0.440. The van der Waals surface area contributed by atoms with Gasteiger partial charge in [-0.3, -0.25) is 0 Å². The summed E-state index contributed by atoms with van der Waals surface area (Å²) in [5, 5.41) is 0.921. The molecule has 0 bridgehead atoms. The van der Waals surface area contributed by atoms with Crippen LogP contribution in [-0.2, 0) is 0 Å². The first-order valence-electron chi connectivity index (χ1n) is 1.89. The van der Waals surface area contributed by atoms with Gasteiger partial charge in [0, 0.05) is 5.33 Å². The molecule has 0 amide bonds. The van der Waals surface area contributed by atoms with Crippen molar-refractivity contribution in [2.45, 2.75) is 0 Å². The number of alkyl halides is 1. The van der Waals surface area contributed by atoms with E-state index < -0.39 is 0 Å². The highest BCUT2D eigenvalue weighted by atomic mass is 79.9. The van der Waals surface area contributed by atoms with Gasteiger partial charge in [0.1, 0.15) is 0 Å². The van der Waals surface area contributed by atoms with Crippen LogP contribution < -0.4 is 0 Å². The Morgan fingerprint density at radius 2 is 2.00 bits per heavy atom. The fraction of sp³-hybridized carbons (Fsp3) is 0.200. The molecule has 0 aromatic heterocycles. The van der Waals surface area contributed by atoms with E-state index in [1.807, 2.05) is 23.2 Å². The summed E-state index contributed by atoms with van der Waals surface area (Å²) in [5.41, 5.74) is 0. The van der Waals surface area contributed by atoms with Gasteiger partial charge in [0.2, 0.25) is 0 Å². The lowest BCUT2D eigenvalue weighted by Gasteiger charge is -1.68. The molecular formula is C5H6Br2. The molecule has 40 valence electrons. The molecule has 0 atom stereocenters. The minimum atomic E-state index is 0.921. The Balaban J connectivity index is 3.09. The van der Waals surface area contributed by atoms with Crippen LogP contribution in [0.4, 0.5) is 0 Å². The van der Waals surface area contributed by atoms with Gasteiger partial charge >= 0.3 is 0 Å². The summed E-state index contributed by atoms with van der Waals surface area (Å²) in [4.78, 5) is 1.81. The highest BCUT2D eigenvalue weighted by Gasteiger charge is 1.59. The zero-order chi connectivity index (χ0) is 5.54. The zero-order valence-corrected chi connectivity index (χ0v) is 6.94. The van der Waals surface area contributed by atoms with E-state index in [0.717, 1.165) is 5.33 Å². The average molecular weight is 226 g/mol. The molecular weight excluding hydrogens is 220 g/mol. The van der Waals surface area contributed by atoms with E-state index in [1.165, 1.54) is 0 Å². The summed E-state index contributed by atoms with van der Waals surface area (Å²) in [5.74, 6) is 0. The van der Waals surface area contributed by atoms with E-state index in [0.29, 0.717) is 0 Å². The fourth-order valence-electron chi connectivity index (χ4n) is 0.172. The van der Waals surface area contributed by atoms with Gasteiger partial charge in [0.15, 0.2) is 0 Å². The van der Waals surface area contributed by atoms with Crippen LogP contribution in [0.2, 0.25) is 0 Å². The predicted octanol–water partition coefficient (Wildman–Crippen LogP) is 2.85. The topological polar surface area (TPSA) is 0 Å². The van der Waals surface area contributed by atoms with Gasteiger partial charge in [-0.1, -0.05) is 50.1 Å². The summed E-state index contributed by atoms with van der Waals surface area (Å²) < 4.78 is 0. The molecule has 0 saturated heterocycles. The Morgan fingerprint density at radius 3 is 2.43 bits per heavy atom. The van der Waals surface area contributed by atoms with Crippen molar-refractivity contribution < 1.29 is 0 Å². The summed E-state index contributed by atoms with van der Waals surface area (Å²) in [6.45, 7) is 0. The third-order valence-electron chi connectivity index (χ3n) is 0.409. The third-order valence-corrected chi connectivity index (χ3v) is 1.09. The molecule has 0 aromatic carbocycles. The van der Waals surface area contributed by atoms with Gasteiger partial charge in [0.25, 0.3) is 0 Å². The monoisotopic (exact) mass is 224 g/mol. The molecule has 0 N–H and O–H groups in total. The second-order valence-corrected chi connectivity index (χ2v) is 2.08. The summed E-state index contributed by atoms with van der Waals surface area (Å²) in [6, 6.07) is 0. The van der Waals surface area contributed by atoms with Crippen LogP contribution in [-0.4, -0.2) is 5.33 Å². The van der Waals surface area contributed by atoms with Crippen LogP contribution in [0.3, 0.4) is 0 Å². The Labute approximate surface area is 60.6 Å². The number of rotatable bonds is 2. The fourth-order valence-corrected chi connectivity index (χ4v) is 0.564. The van der Waals surface area contributed by atoms with Crippen molar-refractivity contribution in [3.8, 4) is 0 Å². The molecule has 0 aromatic rings. The second-order valence-electron chi connectivity index (χ2n) is 0.901. The molecule has 0 nitrogen and oxygen atoms in total. The third kappa shape index (κ3) is 6.44. The minimum Gasteiger partial charge on any atom is -0.0883 e. The normalized spacial score (nSPS) is 11.7. The highest BCUT2D eigenvalue weighted by molar-refractivity contribution is 9.11. The van der Waals surface area contributed by atoms with Crippen LogP contribution in [0.1, 0.15) is 0 Å². The van der Waals surface area contributed by atoms with Gasteiger partial charge in [-0.25, -0.2) is 0 Å². The summed E-state index contributed by atoms with van der Waals surface area (Å²) in [6.07, 6.45) is 5.89. The molecule has 0 unspecified atom stereocenters. The molecule has 7 heavy (non-hydrogen) atoms. The van der Waals surface area contributed by atoms with E-state index in [2.05, 4.69) is 31.9 Å². The van der Waals surface area contributed by atoms with Gasteiger partial charge in [-0.05, 0) is 4.99 Å². The quantitative estimate of drug-likeness (QED) is 0.501. The number of allylic oxidation sites excluding steroid dienone is 3. The maximum Gasteiger partial charge on any atom is 0.0215 e. The standard InChI is InChI=1S/C5H6Br2/c6-4-2-1-3-5-7/h1-4H,5H2. The van der Waals surface area contributed by atoms with Gasteiger partial charge in [-0.15, -0.1) is 0 Å². The highest BCUT2D eigenvalue weighted by Crippen LogP contribution is 1.85. The molecule has 0 aliphatic heterocycles. The largest absolute Gasteiger partial charge is 0.0883 e. The van der Waals surface area contributed by atoms with Crippen molar-refractivity contribution in [3.63, 3.8) is 0 Å². The summed E-state index contributed by atoms with van der Waals surface area (Å²) >= 11 is 6.38. The first kappa shape index (κ1) is 7.44. The Morgan fingerprint density at radius 1 is 1.29 bits per heavy atom. The van der Waals surface area contributed by atoms with Crippen LogP contribution >= 0.6 is 31.9 Å². The Kier molecular flexibility index (Phi) is 6.84. The van der Waals surface area contributed by atoms with Gasteiger partial charge < -0.3 is 0 Å². The van der Waals surface area contributed by atoms with Crippen molar-refractivity contribution >= 4 is 31.9 Å². The minimum absolute atomic E-state index is 0.921. The first-order valence-corrected chi connectivity index (χ1v) is 3.93. The number of halogens is 2. The van der Waals surface area contributed by atoms with Crippen molar-refractivity contribution in [1.82, 2.24) is 0 Å². The second kappa shape index (κ2) is 6.44. The molecule has 0 fully saturated rings. The molecule has 0 radical (unpaired) electrons. The molecule has 0 heterocycles. The zero-order valence-electron chi connectivity index (χ0n) is 3.77. The van der Waals surface area contributed by atoms with Gasteiger partial charge in [-0.2, -0.15) is 0 Å². The molecule has 0 rings (SSSR count). The van der Waals surface area contributed by atoms with Crippen molar-refractivity contribution in [1.29, 1.82) is 0 Å². The predicted molar refractivity (Wildman–Crippen MR) is 41.0 cm³/mol.